The van der Waals surface area contributed by atoms with Gasteiger partial charge in [0.25, 0.3) is 11.7 Å². The van der Waals surface area contributed by atoms with Crippen molar-refractivity contribution < 1.29 is 33.6 Å². The van der Waals surface area contributed by atoms with Gasteiger partial charge in [-0.1, -0.05) is 12.1 Å². The van der Waals surface area contributed by atoms with Gasteiger partial charge in [-0.3, -0.25) is 14.5 Å². The Balaban J connectivity index is 1.75. The minimum absolute atomic E-state index is 0.0401. The maximum atomic E-state index is 13.3. The monoisotopic (exact) mass is 496 g/mol. The van der Waals surface area contributed by atoms with E-state index in [1.165, 1.54) is 14.2 Å². The largest absolute Gasteiger partial charge is 0.507 e. The minimum Gasteiger partial charge on any atom is -0.507 e. The number of aliphatic hydroxyl groups excluding tert-OH is 1. The topological polar surface area (TPSA) is 97.8 Å². The van der Waals surface area contributed by atoms with Gasteiger partial charge in [0.15, 0.2) is 11.5 Å². The first-order valence-corrected chi connectivity index (χ1v) is 12.0. The standard InChI is InChI=1S/C27H32N2O7/c1-4-36-20-8-5-18(6-9-20)24-23(25(30)19-7-10-21(33-2)22(17-19)34-3)26(31)27(32)29(24)12-11-28-13-15-35-16-14-28/h5-10,17,24,30H,4,11-16H2,1-3H3/t24-/m1/s1. The summed E-state index contributed by atoms with van der Waals surface area (Å²) in [4.78, 5) is 30.3. The van der Waals surface area contributed by atoms with Gasteiger partial charge in [0.05, 0.1) is 45.7 Å². The molecular formula is C27H32N2O7. The lowest BCUT2D eigenvalue weighted by Gasteiger charge is -2.31. The molecule has 192 valence electrons. The van der Waals surface area contributed by atoms with Crippen LogP contribution in [0.1, 0.15) is 24.1 Å². The minimum atomic E-state index is -0.741. The Hall–Kier alpha value is -3.56. The van der Waals surface area contributed by atoms with E-state index in [4.69, 9.17) is 18.9 Å². The van der Waals surface area contributed by atoms with Crippen LogP contribution >= 0.6 is 0 Å². The Morgan fingerprint density at radius 2 is 1.69 bits per heavy atom. The molecule has 2 heterocycles. The summed E-state index contributed by atoms with van der Waals surface area (Å²) < 4.78 is 21.6. The number of rotatable bonds is 9. The van der Waals surface area contributed by atoms with E-state index in [0.717, 1.165) is 13.1 Å². The Morgan fingerprint density at radius 1 is 1.00 bits per heavy atom. The van der Waals surface area contributed by atoms with Crippen LogP contribution in [0.15, 0.2) is 48.0 Å². The maximum Gasteiger partial charge on any atom is 0.295 e. The van der Waals surface area contributed by atoms with Crippen molar-refractivity contribution in [3.05, 3.63) is 59.2 Å². The molecule has 2 fully saturated rings. The summed E-state index contributed by atoms with van der Waals surface area (Å²) in [5, 5.41) is 11.3. The zero-order valence-electron chi connectivity index (χ0n) is 20.9. The molecule has 9 nitrogen and oxygen atoms in total. The van der Waals surface area contributed by atoms with Crippen molar-refractivity contribution >= 4 is 17.4 Å². The summed E-state index contributed by atoms with van der Waals surface area (Å²) in [6.07, 6.45) is 0. The van der Waals surface area contributed by atoms with Gasteiger partial charge in [-0.05, 0) is 42.8 Å². The van der Waals surface area contributed by atoms with E-state index in [1.54, 1.807) is 35.2 Å². The van der Waals surface area contributed by atoms with Crippen molar-refractivity contribution in [2.24, 2.45) is 0 Å². The Morgan fingerprint density at radius 3 is 2.33 bits per heavy atom. The van der Waals surface area contributed by atoms with Gasteiger partial charge in [-0.15, -0.1) is 0 Å². The number of aliphatic hydroxyl groups is 1. The number of hydrogen-bond acceptors (Lipinski definition) is 8. The van der Waals surface area contributed by atoms with Crippen LogP contribution in [0.2, 0.25) is 0 Å². The zero-order chi connectivity index (χ0) is 25.7. The molecular weight excluding hydrogens is 464 g/mol. The van der Waals surface area contributed by atoms with E-state index in [2.05, 4.69) is 4.90 Å². The van der Waals surface area contributed by atoms with Crippen LogP contribution in [0.5, 0.6) is 17.2 Å². The lowest BCUT2D eigenvalue weighted by Crippen LogP contribution is -2.42. The van der Waals surface area contributed by atoms with E-state index >= 15 is 0 Å². The Kier molecular flexibility index (Phi) is 8.12. The lowest BCUT2D eigenvalue weighted by molar-refractivity contribution is -0.140. The van der Waals surface area contributed by atoms with Crippen molar-refractivity contribution in [1.29, 1.82) is 0 Å². The fourth-order valence-corrected chi connectivity index (χ4v) is 4.58. The summed E-state index contributed by atoms with van der Waals surface area (Å²) in [6, 6.07) is 11.4. The summed E-state index contributed by atoms with van der Waals surface area (Å²) >= 11 is 0. The second-order valence-electron chi connectivity index (χ2n) is 8.52. The van der Waals surface area contributed by atoms with Crippen molar-refractivity contribution in [2.45, 2.75) is 13.0 Å². The van der Waals surface area contributed by atoms with Crippen LogP contribution in [0.3, 0.4) is 0 Å². The third-order valence-electron chi connectivity index (χ3n) is 6.46. The first-order valence-electron chi connectivity index (χ1n) is 12.0. The van der Waals surface area contributed by atoms with Crippen LogP contribution in [-0.2, 0) is 14.3 Å². The van der Waals surface area contributed by atoms with E-state index in [0.29, 0.717) is 61.3 Å². The quantitative estimate of drug-likeness (QED) is 0.322. The number of nitrogens with zero attached hydrogens (tertiary/aromatic N) is 2. The molecule has 0 unspecified atom stereocenters. The summed E-state index contributed by atoms with van der Waals surface area (Å²) in [5.41, 5.74) is 1.11. The average Bonchev–Trinajstić information content (AvgIpc) is 3.17. The van der Waals surface area contributed by atoms with Gasteiger partial charge in [-0.25, -0.2) is 0 Å². The van der Waals surface area contributed by atoms with Gasteiger partial charge in [0, 0.05) is 31.7 Å². The summed E-state index contributed by atoms with van der Waals surface area (Å²) in [5.74, 6) is -0.0374. The van der Waals surface area contributed by atoms with E-state index in [1.807, 2.05) is 19.1 Å². The Labute approximate surface area is 210 Å². The lowest BCUT2D eigenvalue weighted by atomic mass is 9.95. The molecule has 9 heteroatoms. The molecule has 0 saturated carbocycles. The number of carbonyl (C=O) groups excluding carboxylic acids is 2. The molecule has 4 rings (SSSR count). The third kappa shape index (κ3) is 5.17. The number of hydrogen-bond donors (Lipinski definition) is 1. The highest BCUT2D eigenvalue weighted by Crippen LogP contribution is 2.41. The molecule has 0 radical (unpaired) electrons. The number of ketones is 1. The number of ether oxygens (including phenoxy) is 4. The highest BCUT2D eigenvalue weighted by molar-refractivity contribution is 6.46. The van der Waals surface area contributed by atoms with Crippen molar-refractivity contribution in [3.8, 4) is 17.2 Å². The van der Waals surface area contributed by atoms with E-state index in [-0.39, 0.29) is 11.3 Å². The van der Waals surface area contributed by atoms with Gasteiger partial charge in [0.1, 0.15) is 11.5 Å². The van der Waals surface area contributed by atoms with Crippen LogP contribution in [-0.4, -0.2) is 86.8 Å². The number of methoxy groups -OCH3 is 2. The molecule has 36 heavy (non-hydrogen) atoms. The fraction of sp³-hybridized carbons (Fsp3) is 0.407. The average molecular weight is 497 g/mol. The predicted molar refractivity (Wildman–Crippen MR) is 133 cm³/mol. The van der Waals surface area contributed by atoms with Crippen molar-refractivity contribution in [2.75, 3.05) is 60.2 Å². The molecule has 0 bridgehead atoms. The van der Waals surface area contributed by atoms with Crippen molar-refractivity contribution in [3.63, 3.8) is 0 Å². The molecule has 1 amide bonds. The number of carbonyl (C=O) groups is 2. The van der Waals surface area contributed by atoms with E-state index < -0.39 is 17.7 Å². The number of likely N-dealkylation sites (tertiary alicyclic amines) is 1. The maximum absolute atomic E-state index is 13.3. The zero-order valence-corrected chi connectivity index (χ0v) is 20.9. The SMILES string of the molecule is CCOc1ccc([C@@H]2C(=C(O)c3ccc(OC)c(OC)c3)C(=O)C(=O)N2CCN2CCOCC2)cc1. The molecule has 1 atom stereocenters. The highest BCUT2D eigenvalue weighted by Gasteiger charge is 2.46. The number of Topliss-reactive ketones (excluding diaryl/α,β-unsaturated/α-hetero) is 1. The Bertz CT molecular complexity index is 1120. The number of morpholine rings is 1. The van der Waals surface area contributed by atoms with Crippen molar-refractivity contribution in [1.82, 2.24) is 9.80 Å². The van der Waals surface area contributed by atoms with Gasteiger partial charge < -0.3 is 29.0 Å². The second-order valence-corrected chi connectivity index (χ2v) is 8.52. The smallest absolute Gasteiger partial charge is 0.295 e. The number of benzene rings is 2. The molecule has 1 N–H and O–H groups in total. The van der Waals surface area contributed by atoms with Crippen LogP contribution in [0.4, 0.5) is 0 Å². The summed E-state index contributed by atoms with van der Waals surface area (Å²) in [6.45, 7) is 6.17. The van der Waals surface area contributed by atoms with Gasteiger partial charge >= 0.3 is 0 Å². The normalized spacial score (nSPS) is 20.0. The fourth-order valence-electron chi connectivity index (χ4n) is 4.58. The van der Waals surface area contributed by atoms with Crippen LogP contribution < -0.4 is 14.2 Å². The molecule has 2 aromatic carbocycles. The second kappa shape index (κ2) is 11.5. The predicted octanol–water partition coefficient (Wildman–Crippen LogP) is 2.86. The molecule has 0 aromatic heterocycles. The molecule has 0 spiro atoms. The third-order valence-corrected chi connectivity index (χ3v) is 6.46. The van der Waals surface area contributed by atoms with Crippen LogP contribution in [0, 0.1) is 0 Å². The number of amides is 1. The first-order chi connectivity index (χ1) is 17.5. The molecule has 0 aliphatic carbocycles. The molecule has 2 saturated heterocycles. The summed E-state index contributed by atoms with van der Waals surface area (Å²) in [7, 11) is 3.01. The molecule has 2 aromatic rings. The highest BCUT2D eigenvalue weighted by atomic mass is 16.5. The molecule has 2 aliphatic rings. The van der Waals surface area contributed by atoms with Gasteiger partial charge in [0.2, 0.25) is 0 Å². The van der Waals surface area contributed by atoms with E-state index in [9.17, 15) is 14.7 Å². The first kappa shape index (κ1) is 25.5. The molecule has 2 aliphatic heterocycles. The van der Waals surface area contributed by atoms with Gasteiger partial charge in [-0.2, -0.15) is 0 Å². The van der Waals surface area contributed by atoms with Crippen LogP contribution in [0.25, 0.3) is 5.76 Å².